The number of halogens is 3. The number of fused-ring (bicyclic) bond motifs is 1. The van der Waals surface area contributed by atoms with E-state index >= 15 is 0 Å². The molecule has 0 saturated carbocycles. The lowest BCUT2D eigenvalue weighted by atomic mass is 10.0. The molecule has 0 aliphatic carbocycles. The van der Waals surface area contributed by atoms with Crippen molar-refractivity contribution in [2.24, 2.45) is 0 Å². The van der Waals surface area contributed by atoms with Crippen molar-refractivity contribution in [2.45, 2.75) is 36.3 Å². The van der Waals surface area contributed by atoms with Crippen LogP contribution in [0.5, 0.6) is 0 Å². The van der Waals surface area contributed by atoms with Crippen LogP contribution in [0.25, 0.3) is 10.9 Å². The number of nitrogens with one attached hydrogen (secondary N) is 1. The number of alkyl halides is 3. The number of pyridine rings is 1. The summed E-state index contributed by atoms with van der Waals surface area (Å²) >= 11 is 0. The molecule has 6 nitrogen and oxygen atoms in total. The summed E-state index contributed by atoms with van der Waals surface area (Å²) in [5.41, 5.74) is -1.89. The van der Waals surface area contributed by atoms with Gasteiger partial charge in [-0.05, 0) is 55.8 Å². The average Bonchev–Trinajstić information content (AvgIpc) is 3.07. The number of nitrogens with zero attached hydrogens (tertiary/aromatic N) is 3. The fourth-order valence-electron chi connectivity index (χ4n) is 4.20. The Morgan fingerprint density at radius 2 is 1.79 bits per heavy atom. The molecule has 2 aromatic carbocycles. The molecule has 4 rings (SSSR count). The molecule has 33 heavy (non-hydrogen) atoms. The third-order valence-corrected chi connectivity index (χ3v) is 7.59. The van der Waals surface area contributed by atoms with Crippen molar-refractivity contribution in [1.29, 1.82) is 0 Å². The maximum atomic E-state index is 12.8. The van der Waals surface area contributed by atoms with E-state index in [1.807, 2.05) is 36.2 Å². The number of aromatic nitrogens is 1. The molecule has 3 aromatic rings. The third kappa shape index (κ3) is 4.24. The van der Waals surface area contributed by atoms with E-state index in [1.54, 1.807) is 6.20 Å². The van der Waals surface area contributed by atoms with Crippen LogP contribution in [0.15, 0.2) is 59.6 Å². The van der Waals surface area contributed by atoms with Crippen molar-refractivity contribution in [3.63, 3.8) is 0 Å². The van der Waals surface area contributed by atoms with Crippen molar-refractivity contribution in [3.05, 3.63) is 60.3 Å². The number of hydrogen-bond donors (Lipinski definition) is 1. The van der Waals surface area contributed by atoms with Gasteiger partial charge in [0.1, 0.15) is 0 Å². The molecule has 0 spiro atoms. The molecule has 1 aliphatic heterocycles. The lowest BCUT2D eigenvalue weighted by Crippen LogP contribution is -2.39. The summed E-state index contributed by atoms with van der Waals surface area (Å²) < 4.78 is 61.8. The second-order valence-corrected chi connectivity index (χ2v) is 10.7. The van der Waals surface area contributed by atoms with E-state index in [4.69, 9.17) is 0 Å². The number of hydrogen-bond acceptors (Lipinski definition) is 6. The molecule has 0 atom stereocenters. The van der Waals surface area contributed by atoms with E-state index in [1.165, 1.54) is 12.1 Å². The van der Waals surface area contributed by atoms with E-state index in [-0.39, 0.29) is 5.54 Å². The molecular formula is C23H25F3N4O2S. The SMILES string of the molecule is CNc1cccc2c(CN3CN(c4ccc(S(=O)(=O)C(F)(F)F)cc4)CC3(C)C)ccnc12. The predicted octanol–water partition coefficient (Wildman–Crippen LogP) is 4.63. The first-order valence-electron chi connectivity index (χ1n) is 10.4. The standard InChI is InChI=1S/C23H25F3N4O2S/c1-22(2)14-29(17-7-9-18(10-8-17)33(31,32)23(24,25)26)15-30(22)13-16-11-12-28-21-19(16)5-4-6-20(21)27-3/h4-12,27H,13-15H2,1-3H3. The minimum atomic E-state index is -5.36. The smallest absolute Gasteiger partial charge is 0.386 e. The van der Waals surface area contributed by atoms with E-state index in [9.17, 15) is 21.6 Å². The summed E-state index contributed by atoms with van der Waals surface area (Å²) in [5.74, 6) is 0. The second-order valence-electron chi connectivity index (χ2n) is 8.71. The van der Waals surface area contributed by atoms with Gasteiger partial charge in [-0.3, -0.25) is 9.88 Å². The van der Waals surface area contributed by atoms with Gasteiger partial charge >= 0.3 is 5.51 Å². The van der Waals surface area contributed by atoms with Crippen LogP contribution in [0, 0.1) is 0 Å². The molecule has 1 aromatic heterocycles. The molecule has 1 fully saturated rings. The van der Waals surface area contributed by atoms with Gasteiger partial charge < -0.3 is 10.2 Å². The topological polar surface area (TPSA) is 65.5 Å². The largest absolute Gasteiger partial charge is 0.501 e. The van der Waals surface area contributed by atoms with Crippen LogP contribution in [0.4, 0.5) is 24.5 Å². The van der Waals surface area contributed by atoms with Gasteiger partial charge in [0.05, 0.1) is 22.8 Å². The number of para-hydroxylation sites is 1. The molecule has 0 bridgehead atoms. The average molecular weight is 479 g/mol. The van der Waals surface area contributed by atoms with E-state index in [0.29, 0.717) is 25.4 Å². The highest BCUT2D eigenvalue weighted by Gasteiger charge is 2.47. The lowest BCUT2D eigenvalue weighted by molar-refractivity contribution is -0.0436. The van der Waals surface area contributed by atoms with Gasteiger partial charge in [0.2, 0.25) is 0 Å². The summed E-state index contributed by atoms with van der Waals surface area (Å²) in [5, 5.41) is 4.22. The molecular weight excluding hydrogens is 453 g/mol. The number of benzene rings is 2. The van der Waals surface area contributed by atoms with Gasteiger partial charge in [-0.25, -0.2) is 8.42 Å². The predicted molar refractivity (Wildman–Crippen MR) is 123 cm³/mol. The van der Waals surface area contributed by atoms with Crippen LogP contribution in [-0.4, -0.2) is 49.6 Å². The Morgan fingerprint density at radius 1 is 1.09 bits per heavy atom. The van der Waals surface area contributed by atoms with Crippen LogP contribution >= 0.6 is 0 Å². The highest BCUT2D eigenvalue weighted by molar-refractivity contribution is 7.92. The second kappa shape index (κ2) is 8.18. The monoisotopic (exact) mass is 478 g/mol. The Bertz CT molecular complexity index is 1280. The minimum Gasteiger partial charge on any atom is -0.386 e. The lowest BCUT2D eigenvalue weighted by Gasteiger charge is -2.30. The maximum Gasteiger partial charge on any atom is 0.501 e. The summed E-state index contributed by atoms with van der Waals surface area (Å²) in [7, 11) is -3.50. The van der Waals surface area contributed by atoms with Crippen LogP contribution in [-0.2, 0) is 16.4 Å². The zero-order chi connectivity index (χ0) is 24.0. The Hall–Kier alpha value is -2.85. The van der Waals surface area contributed by atoms with Crippen molar-refractivity contribution in [1.82, 2.24) is 9.88 Å². The number of rotatable bonds is 5. The molecule has 1 aliphatic rings. The fraction of sp³-hybridized carbons (Fsp3) is 0.348. The molecule has 176 valence electrons. The normalized spacial score (nSPS) is 17.0. The molecule has 0 radical (unpaired) electrons. The van der Waals surface area contributed by atoms with Gasteiger partial charge in [-0.1, -0.05) is 12.1 Å². The van der Waals surface area contributed by atoms with Crippen molar-refractivity contribution < 1.29 is 21.6 Å². The summed E-state index contributed by atoms with van der Waals surface area (Å²) in [4.78, 5) is 8.08. The Labute approximate surface area is 190 Å². The first-order valence-corrected chi connectivity index (χ1v) is 11.9. The summed E-state index contributed by atoms with van der Waals surface area (Å²) in [6.07, 6.45) is 1.79. The Morgan fingerprint density at radius 3 is 2.42 bits per heavy atom. The molecule has 10 heteroatoms. The van der Waals surface area contributed by atoms with Gasteiger partial charge in [0.25, 0.3) is 9.84 Å². The van der Waals surface area contributed by atoms with Crippen molar-refractivity contribution in [2.75, 3.05) is 30.5 Å². The molecule has 0 amide bonds. The Kier molecular flexibility index (Phi) is 5.78. The summed E-state index contributed by atoms with van der Waals surface area (Å²) in [6, 6.07) is 12.9. The van der Waals surface area contributed by atoms with Gasteiger partial charge in [0.15, 0.2) is 0 Å². The number of anilines is 2. The zero-order valence-corrected chi connectivity index (χ0v) is 19.3. The molecule has 0 unspecified atom stereocenters. The highest BCUT2D eigenvalue weighted by atomic mass is 32.2. The van der Waals surface area contributed by atoms with Gasteiger partial charge in [-0.15, -0.1) is 0 Å². The first-order chi connectivity index (χ1) is 15.4. The number of sulfone groups is 1. The van der Waals surface area contributed by atoms with Crippen LogP contribution in [0.3, 0.4) is 0 Å². The van der Waals surface area contributed by atoms with E-state index < -0.39 is 20.2 Å². The first kappa shape index (κ1) is 23.3. The van der Waals surface area contributed by atoms with Crippen molar-refractivity contribution in [3.8, 4) is 0 Å². The minimum absolute atomic E-state index is 0.215. The van der Waals surface area contributed by atoms with E-state index in [2.05, 4.69) is 29.0 Å². The zero-order valence-electron chi connectivity index (χ0n) is 18.5. The molecule has 1 N–H and O–H groups in total. The summed E-state index contributed by atoms with van der Waals surface area (Å²) in [6.45, 7) is 6.07. The fourth-order valence-corrected chi connectivity index (χ4v) is 4.96. The Balaban J connectivity index is 1.58. The highest BCUT2D eigenvalue weighted by Crippen LogP contribution is 2.34. The third-order valence-electron chi connectivity index (χ3n) is 6.08. The van der Waals surface area contributed by atoms with E-state index in [0.717, 1.165) is 34.3 Å². The maximum absolute atomic E-state index is 12.8. The van der Waals surface area contributed by atoms with Gasteiger partial charge in [0, 0.05) is 42.9 Å². The van der Waals surface area contributed by atoms with Crippen LogP contribution < -0.4 is 10.2 Å². The van der Waals surface area contributed by atoms with Crippen LogP contribution in [0.2, 0.25) is 0 Å². The molecule has 1 saturated heterocycles. The van der Waals surface area contributed by atoms with Crippen molar-refractivity contribution >= 4 is 32.1 Å². The van der Waals surface area contributed by atoms with Crippen LogP contribution in [0.1, 0.15) is 19.4 Å². The molecule has 2 heterocycles. The quantitative estimate of drug-likeness (QED) is 0.577. The van der Waals surface area contributed by atoms with Gasteiger partial charge in [-0.2, -0.15) is 13.2 Å².